The van der Waals surface area contributed by atoms with E-state index in [2.05, 4.69) is 34.4 Å². The average molecular weight is 493 g/mol. The molecule has 0 aliphatic heterocycles. The van der Waals surface area contributed by atoms with Gasteiger partial charge in [0.05, 0.1) is 26.9 Å². The molecule has 2 rings (SSSR count). The van der Waals surface area contributed by atoms with Crippen LogP contribution in [0.1, 0.15) is 60.4 Å². The molecule has 1 aromatic heterocycles. The molecule has 34 heavy (non-hydrogen) atoms. The minimum absolute atomic E-state index is 0.258. The number of hydrogen-bond acceptors (Lipinski definition) is 8. The quantitative estimate of drug-likeness (QED) is 0.387. The van der Waals surface area contributed by atoms with Crippen molar-refractivity contribution in [3.05, 3.63) is 28.8 Å². The summed E-state index contributed by atoms with van der Waals surface area (Å²) in [5, 5.41) is 7.60. The van der Waals surface area contributed by atoms with Crippen molar-refractivity contribution >= 4 is 28.3 Å². The lowest BCUT2D eigenvalue weighted by Crippen LogP contribution is -2.36. The highest BCUT2D eigenvalue weighted by atomic mass is 32.1. The maximum Gasteiger partial charge on any atom is 0.270 e. The zero-order valence-corrected chi connectivity index (χ0v) is 21.5. The van der Waals surface area contributed by atoms with Crippen LogP contribution in [0.3, 0.4) is 0 Å². The smallest absolute Gasteiger partial charge is 0.270 e. The SMILES string of the molecule is CCCCN(CCCC)CCNC(=O)c1csc(NC(=O)c2cc(OC)c(OC)cc2OC)n1. The van der Waals surface area contributed by atoms with Crippen molar-refractivity contribution in [3.8, 4) is 17.2 Å². The van der Waals surface area contributed by atoms with E-state index in [0.29, 0.717) is 28.9 Å². The number of nitrogens with zero attached hydrogens (tertiary/aromatic N) is 2. The van der Waals surface area contributed by atoms with Gasteiger partial charge in [-0.2, -0.15) is 0 Å². The van der Waals surface area contributed by atoms with Crippen LogP contribution in [0.15, 0.2) is 17.5 Å². The van der Waals surface area contributed by atoms with Crippen LogP contribution >= 0.6 is 11.3 Å². The zero-order valence-electron chi connectivity index (χ0n) is 20.7. The van der Waals surface area contributed by atoms with Gasteiger partial charge in [0.25, 0.3) is 11.8 Å². The number of nitrogens with one attached hydrogen (secondary N) is 2. The topological polar surface area (TPSA) is 102 Å². The Hall–Kier alpha value is -2.85. The van der Waals surface area contributed by atoms with Gasteiger partial charge < -0.3 is 24.4 Å². The van der Waals surface area contributed by atoms with Crippen LogP contribution < -0.4 is 24.8 Å². The van der Waals surface area contributed by atoms with Crippen molar-refractivity contribution < 1.29 is 23.8 Å². The van der Waals surface area contributed by atoms with Crippen LogP contribution in [-0.4, -0.2) is 69.2 Å². The largest absolute Gasteiger partial charge is 0.496 e. The third-order valence-corrected chi connectivity index (χ3v) is 6.03. The zero-order chi connectivity index (χ0) is 24.9. The third-order valence-electron chi connectivity index (χ3n) is 5.28. The first-order valence-electron chi connectivity index (χ1n) is 11.5. The van der Waals surface area contributed by atoms with E-state index in [4.69, 9.17) is 14.2 Å². The minimum Gasteiger partial charge on any atom is -0.496 e. The highest BCUT2D eigenvalue weighted by Gasteiger charge is 2.20. The lowest BCUT2D eigenvalue weighted by Gasteiger charge is -2.21. The number of methoxy groups -OCH3 is 3. The van der Waals surface area contributed by atoms with Gasteiger partial charge in [0.15, 0.2) is 16.6 Å². The first kappa shape index (κ1) is 27.4. The number of rotatable bonds is 15. The van der Waals surface area contributed by atoms with Crippen LogP contribution in [0.4, 0.5) is 5.13 Å². The van der Waals surface area contributed by atoms with Crippen LogP contribution in [0.2, 0.25) is 0 Å². The van der Waals surface area contributed by atoms with E-state index in [-0.39, 0.29) is 17.2 Å². The fraction of sp³-hybridized carbons (Fsp3) is 0.542. The van der Waals surface area contributed by atoms with E-state index in [1.165, 1.54) is 38.7 Å². The number of aromatic nitrogens is 1. The van der Waals surface area contributed by atoms with E-state index < -0.39 is 5.91 Å². The van der Waals surface area contributed by atoms with Crippen molar-refractivity contribution in [3.63, 3.8) is 0 Å². The van der Waals surface area contributed by atoms with Gasteiger partial charge in [0.2, 0.25) is 0 Å². The molecule has 188 valence electrons. The molecule has 0 unspecified atom stereocenters. The summed E-state index contributed by atoms with van der Waals surface area (Å²) in [6, 6.07) is 3.12. The Morgan fingerprint density at radius 1 is 0.912 bits per heavy atom. The summed E-state index contributed by atoms with van der Waals surface area (Å²) >= 11 is 1.18. The van der Waals surface area contributed by atoms with Gasteiger partial charge in [0.1, 0.15) is 11.4 Å². The van der Waals surface area contributed by atoms with Gasteiger partial charge in [-0.15, -0.1) is 11.3 Å². The maximum absolute atomic E-state index is 12.8. The molecule has 0 aliphatic rings. The summed E-state index contributed by atoms with van der Waals surface area (Å²) in [5.74, 6) is 0.500. The van der Waals surface area contributed by atoms with Crippen molar-refractivity contribution in [1.82, 2.24) is 15.2 Å². The Morgan fingerprint density at radius 3 is 2.12 bits per heavy atom. The number of ether oxygens (including phenoxy) is 3. The second kappa shape index (κ2) is 14.4. The predicted octanol–water partition coefficient (Wildman–Crippen LogP) is 4.05. The molecule has 0 aliphatic carbocycles. The van der Waals surface area contributed by atoms with Crippen molar-refractivity contribution in [2.75, 3.05) is 52.8 Å². The van der Waals surface area contributed by atoms with Gasteiger partial charge in [-0.3, -0.25) is 14.9 Å². The van der Waals surface area contributed by atoms with E-state index >= 15 is 0 Å². The molecular weight excluding hydrogens is 456 g/mol. The van der Waals surface area contributed by atoms with Gasteiger partial charge in [-0.1, -0.05) is 26.7 Å². The van der Waals surface area contributed by atoms with Crippen LogP contribution in [0.25, 0.3) is 0 Å². The molecule has 0 atom stereocenters. The Balaban J connectivity index is 1.97. The number of hydrogen-bond donors (Lipinski definition) is 2. The fourth-order valence-corrected chi connectivity index (χ4v) is 4.01. The van der Waals surface area contributed by atoms with Gasteiger partial charge in [-0.05, 0) is 25.9 Å². The first-order chi connectivity index (χ1) is 16.5. The summed E-state index contributed by atoms with van der Waals surface area (Å²) in [4.78, 5) is 32.0. The standard InChI is InChI=1S/C24H36N4O5S/c1-6-8-11-28(12-9-7-2)13-10-25-23(30)18-16-34-24(26-18)27-22(29)17-14-20(32-4)21(33-5)15-19(17)31-3/h14-16H,6-13H2,1-5H3,(H,25,30)(H,26,27,29). The number of thiazole rings is 1. The maximum atomic E-state index is 12.8. The fourth-order valence-electron chi connectivity index (χ4n) is 3.32. The third kappa shape index (κ3) is 7.88. The number of carbonyl (C=O) groups is 2. The normalized spacial score (nSPS) is 10.8. The summed E-state index contributed by atoms with van der Waals surface area (Å²) in [6.07, 6.45) is 4.60. The van der Waals surface area contributed by atoms with Crippen molar-refractivity contribution in [2.24, 2.45) is 0 Å². The van der Waals surface area contributed by atoms with E-state index in [1.54, 1.807) is 11.4 Å². The van der Waals surface area contributed by atoms with Crippen LogP contribution in [-0.2, 0) is 0 Å². The molecule has 9 nitrogen and oxygen atoms in total. The summed E-state index contributed by atoms with van der Waals surface area (Å²) < 4.78 is 15.9. The number of carbonyl (C=O) groups excluding carboxylic acids is 2. The molecule has 2 aromatic rings. The molecule has 0 fully saturated rings. The minimum atomic E-state index is -0.429. The van der Waals surface area contributed by atoms with Gasteiger partial charge >= 0.3 is 0 Å². The second-order valence-corrected chi connectivity index (χ2v) is 8.56. The molecule has 1 heterocycles. The summed E-state index contributed by atoms with van der Waals surface area (Å²) in [6.45, 7) is 7.80. The number of unbranched alkanes of at least 4 members (excludes halogenated alkanes) is 2. The molecule has 10 heteroatoms. The summed E-state index contributed by atoms with van der Waals surface area (Å²) in [7, 11) is 4.47. The first-order valence-corrected chi connectivity index (χ1v) is 12.4. The van der Waals surface area contributed by atoms with Crippen LogP contribution in [0, 0.1) is 0 Å². The van der Waals surface area contributed by atoms with Crippen LogP contribution in [0.5, 0.6) is 17.2 Å². The Morgan fingerprint density at radius 2 is 1.53 bits per heavy atom. The van der Waals surface area contributed by atoms with E-state index in [0.717, 1.165) is 45.3 Å². The Labute approximate surface area is 205 Å². The van der Waals surface area contributed by atoms with Gasteiger partial charge in [0, 0.05) is 30.6 Å². The monoisotopic (exact) mass is 492 g/mol. The molecule has 0 saturated heterocycles. The highest BCUT2D eigenvalue weighted by Crippen LogP contribution is 2.35. The molecule has 2 amide bonds. The van der Waals surface area contributed by atoms with E-state index in [1.807, 2.05) is 0 Å². The number of anilines is 1. The molecule has 0 saturated carbocycles. The van der Waals surface area contributed by atoms with Crippen molar-refractivity contribution in [2.45, 2.75) is 39.5 Å². The van der Waals surface area contributed by atoms with Gasteiger partial charge in [-0.25, -0.2) is 4.98 Å². The lowest BCUT2D eigenvalue weighted by molar-refractivity contribution is 0.0942. The molecule has 0 spiro atoms. The number of amides is 2. The molecule has 1 aromatic carbocycles. The molecule has 2 N–H and O–H groups in total. The average Bonchev–Trinajstić information content (AvgIpc) is 3.32. The molecule has 0 bridgehead atoms. The summed E-state index contributed by atoms with van der Waals surface area (Å²) in [5.41, 5.74) is 0.536. The highest BCUT2D eigenvalue weighted by molar-refractivity contribution is 7.14. The Kier molecular flexibility index (Phi) is 11.6. The second-order valence-electron chi connectivity index (χ2n) is 7.70. The predicted molar refractivity (Wildman–Crippen MR) is 135 cm³/mol. The number of benzene rings is 1. The lowest BCUT2D eigenvalue weighted by atomic mass is 10.1. The van der Waals surface area contributed by atoms with Crippen molar-refractivity contribution in [1.29, 1.82) is 0 Å². The molecular formula is C24H36N4O5S. The van der Waals surface area contributed by atoms with E-state index in [9.17, 15) is 9.59 Å². The molecule has 0 radical (unpaired) electrons. The Bertz CT molecular complexity index is 926.